The Morgan fingerprint density at radius 1 is 1.00 bits per heavy atom. The van der Waals surface area contributed by atoms with Gasteiger partial charge in [-0.25, -0.2) is 0 Å². The van der Waals surface area contributed by atoms with Crippen molar-refractivity contribution in [2.75, 3.05) is 11.5 Å². The number of carbonyl (C=O) groups excluding carboxylic acids is 2. The smallest absolute Gasteiger partial charge is 0.265 e. The van der Waals surface area contributed by atoms with Crippen LogP contribution in [-0.2, 0) is 17.8 Å². The van der Waals surface area contributed by atoms with Crippen LogP contribution in [0.25, 0.3) is 0 Å². The van der Waals surface area contributed by atoms with Gasteiger partial charge >= 0.3 is 0 Å². The number of nitrogens with zero attached hydrogens (tertiary/aromatic N) is 1. The number of anilines is 1. The number of amides is 2. The highest BCUT2D eigenvalue weighted by Gasteiger charge is 2.25. The average Bonchev–Trinajstić information content (AvgIpc) is 2.80. The number of fused-ring (bicyclic) bond motifs is 1. The third-order valence-electron chi connectivity index (χ3n) is 5.42. The minimum atomic E-state index is -0.101. The first kappa shape index (κ1) is 20.7. The highest BCUT2D eigenvalue weighted by molar-refractivity contribution is 5.98. The van der Waals surface area contributed by atoms with E-state index in [1.54, 1.807) is 11.0 Å². The summed E-state index contributed by atoms with van der Waals surface area (Å²) in [5, 5.41) is 3.08. The molecule has 0 aromatic heterocycles. The van der Waals surface area contributed by atoms with Gasteiger partial charge in [0.25, 0.3) is 11.8 Å². The number of hydrogen-bond donors (Lipinski definition) is 1. The Morgan fingerprint density at radius 2 is 1.74 bits per heavy atom. The third kappa shape index (κ3) is 5.12. The van der Waals surface area contributed by atoms with Gasteiger partial charge < -0.3 is 15.0 Å². The van der Waals surface area contributed by atoms with Gasteiger partial charge in [0.05, 0.1) is 12.2 Å². The molecule has 1 heterocycles. The van der Waals surface area contributed by atoms with E-state index in [4.69, 9.17) is 4.74 Å². The molecule has 0 fully saturated rings. The Morgan fingerprint density at radius 3 is 2.58 bits per heavy atom. The van der Waals surface area contributed by atoms with Crippen molar-refractivity contribution in [1.82, 2.24) is 5.32 Å². The highest BCUT2D eigenvalue weighted by atomic mass is 16.5. The van der Waals surface area contributed by atoms with Crippen LogP contribution < -0.4 is 15.0 Å². The van der Waals surface area contributed by atoms with Gasteiger partial charge in [0.2, 0.25) is 0 Å². The molecule has 0 saturated heterocycles. The number of hydrogen-bond acceptors (Lipinski definition) is 3. The molecule has 0 unspecified atom stereocenters. The lowest BCUT2D eigenvalue weighted by Gasteiger charge is -2.29. The van der Waals surface area contributed by atoms with Gasteiger partial charge in [-0.1, -0.05) is 54.6 Å². The fourth-order valence-electron chi connectivity index (χ4n) is 3.73. The highest BCUT2D eigenvalue weighted by Crippen LogP contribution is 2.32. The van der Waals surface area contributed by atoms with Crippen molar-refractivity contribution < 1.29 is 14.3 Å². The molecule has 5 heteroatoms. The normalized spacial score (nSPS) is 13.8. The monoisotopic (exact) mass is 414 g/mol. The second kappa shape index (κ2) is 9.47. The molecule has 1 atom stereocenters. The zero-order valence-electron chi connectivity index (χ0n) is 17.6. The molecule has 1 aliphatic heterocycles. The Kier molecular flexibility index (Phi) is 6.32. The summed E-state index contributed by atoms with van der Waals surface area (Å²) in [5.74, 6) is 0.502. The van der Waals surface area contributed by atoms with Gasteiger partial charge in [-0.15, -0.1) is 0 Å². The SMILES string of the molecule is C[C@@H](CCc1ccccc1)NC(=O)c1cccc(CN2C(=O)COc3ccccc32)c1. The predicted octanol–water partition coefficient (Wildman–Crippen LogP) is 4.36. The Labute approximate surface area is 182 Å². The standard InChI is InChI=1S/C26H26N2O3/c1-19(14-15-20-8-3-2-4-9-20)27-26(30)22-11-7-10-21(16-22)17-28-23-12-5-6-13-24(23)31-18-25(28)29/h2-13,16,19H,14-15,17-18H2,1H3,(H,27,30)/t19-/m0/s1. The molecule has 0 saturated carbocycles. The summed E-state index contributed by atoms with van der Waals surface area (Å²) in [6.45, 7) is 2.44. The quantitative estimate of drug-likeness (QED) is 0.625. The fourth-order valence-corrected chi connectivity index (χ4v) is 3.73. The average molecular weight is 415 g/mol. The molecule has 3 aromatic rings. The molecule has 0 spiro atoms. The van der Waals surface area contributed by atoms with Crippen LogP contribution in [0, 0.1) is 0 Å². The van der Waals surface area contributed by atoms with Crippen LogP contribution in [0.1, 0.15) is 34.8 Å². The van der Waals surface area contributed by atoms with Crippen molar-refractivity contribution in [3.05, 3.63) is 95.6 Å². The van der Waals surface area contributed by atoms with Gasteiger partial charge in [-0.05, 0) is 55.2 Å². The topological polar surface area (TPSA) is 58.6 Å². The van der Waals surface area contributed by atoms with Crippen molar-refractivity contribution in [2.24, 2.45) is 0 Å². The van der Waals surface area contributed by atoms with Crippen LogP contribution in [0.5, 0.6) is 5.75 Å². The lowest BCUT2D eigenvalue weighted by Crippen LogP contribution is -2.38. The van der Waals surface area contributed by atoms with E-state index in [0.717, 1.165) is 24.1 Å². The molecule has 0 aliphatic carbocycles. The maximum atomic E-state index is 12.8. The van der Waals surface area contributed by atoms with Crippen molar-refractivity contribution in [3.8, 4) is 5.75 Å². The van der Waals surface area contributed by atoms with Crippen LogP contribution in [0.2, 0.25) is 0 Å². The molecule has 0 radical (unpaired) electrons. The molecule has 158 valence electrons. The number of nitrogens with one attached hydrogen (secondary N) is 1. The summed E-state index contributed by atoms with van der Waals surface area (Å²) in [7, 11) is 0. The molecular weight excluding hydrogens is 388 g/mol. The molecular formula is C26H26N2O3. The lowest BCUT2D eigenvalue weighted by molar-refractivity contribution is -0.121. The van der Waals surface area contributed by atoms with Crippen molar-refractivity contribution in [3.63, 3.8) is 0 Å². The molecule has 2 amide bonds. The number of benzene rings is 3. The Hall–Kier alpha value is -3.60. The molecule has 31 heavy (non-hydrogen) atoms. The van der Waals surface area contributed by atoms with Crippen LogP contribution in [0.15, 0.2) is 78.9 Å². The summed E-state index contributed by atoms with van der Waals surface area (Å²) >= 11 is 0. The van der Waals surface area contributed by atoms with Crippen molar-refractivity contribution in [2.45, 2.75) is 32.4 Å². The number of ether oxygens (including phenoxy) is 1. The molecule has 0 bridgehead atoms. The van der Waals surface area contributed by atoms with Crippen LogP contribution >= 0.6 is 0 Å². The third-order valence-corrected chi connectivity index (χ3v) is 5.42. The second-order valence-electron chi connectivity index (χ2n) is 7.84. The summed E-state index contributed by atoms with van der Waals surface area (Å²) in [6.07, 6.45) is 1.79. The van der Waals surface area contributed by atoms with E-state index in [-0.39, 0.29) is 24.5 Å². The van der Waals surface area contributed by atoms with Crippen LogP contribution in [0.4, 0.5) is 5.69 Å². The van der Waals surface area contributed by atoms with Crippen molar-refractivity contribution in [1.29, 1.82) is 0 Å². The Balaban J connectivity index is 1.40. The summed E-state index contributed by atoms with van der Waals surface area (Å²) in [5.41, 5.74) is 3.51. The summed E-state index contributed by atoms with van der Waals surface area (Å²) < 4.78 is 5.51. The van der Waals surface area contributed by atoms with E-state index in [1.165, 1.54) is 5.56 Å². The predicted molar refractivity (Wildman–Crippen MR) is 121 cm³/mol. The zero-order chi connectivity index (χ0) is 21.6. The van der Waals surface area contributed by atoms with Gasteiger partial charge in [-0.2, -0.15) is 0 Å². The molecule has 4 rings (SSSR count). The molecule has 5 nitrogen and oxygen atoms in total. The number of rotatable bonds is 7. The Bertz CT molecular complexity index is 1070. The maximum absolute atomic E-state index is 12.8. The van der Waals surface area contributed by atoms with Gasteiger partial charge in [0.15, 0.2) is 6.61 Å². The minimum absolute atomic E-state index is 0.0239. The molecule has 3 aromatic carbocycles. The first-order valence-electron chi connectivity index (χ1n) is 10.6. The molecule has 1 N–H and O–H groups in total. The number of para-hydroxylation sites is 2. The van der Waals surface area contributed by atoms with E-state index in [9.17, 15) is 9.59 Å². The minimum Gasteiger partial charge on any atom is -0.482 e. The zero-order valence-corrected chi connectivity index (χ0v) is 17.6. The van der Waals surface area contributed by atoms with Gasteiger partial charge in [0, 0.05) is 11.6 Å². The first-order valence-corrected chi connectivity index (χ1v) is 10.6. The van der Waals surface area contributed by atoms with E-state index >= 15 is 0 Å². The number of aryl methyl sites for hydroxylation is 1. The fraction of sp³-hybridized carbons (Fsp3) is 0.231. The second-order valence-corrected chi connectivity index (χ2v) is 7.84. The molecule has 1 aliphatic rings. The van der Waals surface area contributed by atoms with E-state index in [0.29, 0.717) is 17.9 Å². The van der Waals surface area contributed by atoms with Gasteiger partial charge in [-0.3, -0.25) is 9.59 Å². The van der Waals surface area contributed by atoms with E-state index in [1.807, 2.05) is 67.6 Å². The van der Waals surface area contributed by atoms with Gasteiger partial charge in [0.1, 0.15) is 5.75 Å². The summed E-state index contributed by atoms with van der Waals surface area (Å²) in [4.78, 5) is 26.9. The lowest BCUT2D eigenvalue weighted by atomic mass is 10.1. The van der Waals surface area contributed by atoms with Crippen molar-refractivity contribution >= 4 is 17.5 Å². The van der Waals surface area contributed by atoms with Crippen LogP contribution in [0.3, 0.4) is 0 Å². The maximum Gasteiger partial charge on any atom is 0.265 e. The summed E-state index contributed by atoms with van der Waals surface area (Å²) in [6, 6.07) is 25.3. The number of carbonyl (C=O) groups is 2. The van der Waals surface area contributed by atoms with E-state index in [2.05, 4.69) is 17.4 Å². The van der Waals surface area contributed by atoms with E-state index < -0.39 is 0 Å². The van der Waals surface area contributed by atoms with Crippen LogP contribution in [-0.4, -0.2) is 24.5 Å². The largest absolute Gasteiger partial charge is 0.482 e. The first-order chi connectivity index (χ1) is 15.1.